The van der Waals surface area contributed by atoms with Crippen LogP contribution >= 0.6 is 0 Å². The van der Waals surface area contributed by atoms with Crippen molar-refractivity contribution in [2.75, 3.05) is 25.1 Å². The van der Waals surface area contributed by atoms with Gasteiger partial charge in [0.25, 0.3) is 0 Å². The van der Waals surface area contributed by atoms with Gasteiger partial charge in [-0.05, 0) is 95.5 Å². The summed E-state index contributed by atoms with van der Waals surface area (Å²) >= 11 is 0. The Morgan fingerprint density at radius 3 is 2.33 bits per heavy atom. The second-order valence-corrected chi connectivity index (χ2v) is 13.9. The molecule has 0 bridgehead atoms. The first-order valence-electron chi connectivity index (χ1n) is 16.9. The summed E-state index contributed by atoms with van der Waals surface area (Å²) in [6.07, 6.45) is 2.26. The normalized spacial score (nSPS) is 21.8. The highest BCUT2D eigenvalue weighted by Gasteiger charge is 2.45. The predicted molar refractivity (Wildman–Crippen MR) is 181 cm³/mol. The number of hydrogen-bond acceptors (Lipinski definition) is 6. The quantitative estimate of drug-likeness (QED) is 0.258. The molecule has 258 valence electrons. The van der Waals surface area contributed by atoms with Crippen LogP contribution in [0, 0.1) is 11.8 Å². The Balaban J connectivity index is 1.30. The Morgan fingerprint density at radius 2 is 1.69 bits per heavy atom. The molecule has 5 rings (SSSR count). The SMILES string of the molecule is CCOC(=O)c1cc2cc(NC(=O)[C@H]3[C@H](c4ccccc4)CCN3C(=O)C3CCC([C@@H](CF)NC(=O)OC(C)(C)C)CC3)ccc2n1C. The van der Waals surface area contributed by atoms with Crippen molar-refractivity contribution in [1.82, 2.24) is 14.8 Å². The molecule has 0 spiro atoms. The van der Waals surface area contributed by atoms with Crippen molar-refractivity contribution in [2.45, 2.75) is 83.4 Å². The lowest BCUT2D eigenvalue weighted by Crippen LogP contribution is -2.49. The van der Waals surface area contributed by atoms with Gasteiger partial charge in [-0.1, -0.05) is 30.3 Å². The second kappa shape index (κ2) is 14.8. The van der Waals surface area contributed by atoms with E-state index in [1.165, 1.54) is 0 Å². The fourth-order valence-corrected chi connectivity index (χ4v) is 7.20. The third-order valence-corrected chi connectivity index (χ3v) is 9.53. The van der Waals surface area contributed by atoms with Gasteiger partial charge in [-0.25, -0.2) is 14.0 Å². The van der Waals surface area contributed by atoms with Gasteiger partial charge >= 0.3 is 12.1 Å². The van der Waals surface area contributed by atoms with Gasteiger partial charge in [-0.3, -0.25) is 9.59 Å². The van der Waals surface area contributed by atoms with E-state index in [4.69, 9.17) is 9.47 Å². The van der Waals surface area contributed by atoms with Gasteiger partial charge in [0.05, 0.1) is 12.6 Å². The van der Waals surface area contributed by atoms with Gasteiger partial charge in [-0.2, -0.15) is 0 Å². The highest BCUT2D eigenvalue weighted by molar-refractivity contribution is 6.01. The number of rotatable bonds is 9. The van der Waals surface area contributed by atoms with Crippen molar-refractivity contribution in [3.8, 4) is 0 Å². The first-order chi connectivity index (χ1) is 22.9. The smallest absolute Gasteiger partial charge is 0.407 e. The molecule has 3 amide bonds. The summed E-state index contributed by atoms with van der Waals surface area (Å²) < 4.78 is 26.3. The van der Waals surface area contributed by atoms with E-state index in [-0.39, 0.29) is 36.2 Å². The van der Waals surface area contributed by atoms with Crippen molar-refractivity contribution in [1.29, 1.82) is 0 Å². The van der Waals surface area contributed by atoms with Crippen molar-refractivity contribution in [3.05, 3.63) is 65.9 Å². The van der Waals surface area contributed by atoms with Gasteiger partial charge in [0.2, 0.25) is 11.8 Å². The van der Waals surface area contributed by atoms with E-state index >= 15 is 0 Å². The van der Waals surface area contributed by atoms with E-state index in [2.05, 4.69) is 10.6 Å². The van der Waals surface area contributed by atoms with Crippen LogP contribution in [0.2, 0.25) is 0 Å². The third kappa shape index (κ3) is 7.82. The summed E-state index contributed by atoms with van der Waals surface area (Å²) in [6, 6.07) is 15.6. The lowest BCUT2D eigenvalue weighted by atomic mass is 9.78. The highest BCUT2D eigenvalue weighted by Crippen LogP contribution is 2.39. The minimum atomic E-state index is -0.716. The largest absolute Gasteiger partial charge is 0.461 e. The maximum atomic E-state index is 14.1. The van der Waals surface area contributed by atoms with Crippen LogP contribution in [0.5, 0.6) is 0 Å². The number of hydrogen-bond donors (Lipinski definition) is 2. The zero-order valence-electron chi connectivity index (χ0n) is 28.5. The van der Waals surface area contributed by atoms with E-state index in [0.717, 1.165) is 16.5 Å². The van der Waals surface area contributed by atoms with Gasteiger partial charge in [-0.15, -0.1) is 0 Å². The summed E-state index contributed by atoms with van der Waals surface area (Å²) in [5, 5.41) is 6.52. The number of anilines is 1. The number of aryl methyl sites for hydroxylation is 1. The van der Waals surface area contributed by atoms with Crippen molar-refractivity contribution < 1.29 is 33.0 Å². The number of carbonyl (C=O) groups is 4. The molecule has 1 aliphatic heterocycles. The first-order valence-corrected chi connectivity index (χ1v) is 16.9. The summed E-state index contributed by atoms with van der Waals surface area (Å²) in [5.74, 6) is -1.35. The lowest BCUT2D eigenvalue weighted by Gasteiger charge is -2.36. The second-order valence-electron chi connectivity index (χ2n) is 13.9. The number of ether oxygens (including phenoxy) is 2. The number of nitrogens with zero attached hydrogens (tertiary/aromatic N) is 2. The molecule has 3 aromatic rings. The molecule has 0 unspecified atom stereocenters. The van der Waals surface area contributed by atoms with Crippen molar-refractivity contribution in [3.63, 3.8) is 0 Å². The van der Waals surface area contributed by atoms with Crippen LogP contribution in [0.4, 0.5) is 14.9 Å². The van der Waals surface area contributed by atoms with Crippen LogP contribution in [-0.4, -0.2) is 70.9 Å². The highest BCUT2D eigenvalue weighted by atomic mass is 19.1. The molecule has 11 heteroatoms. The first kappa shape index (κ1) is 34.9. The predicted octanol–water partition coefficient (Wildman–Crippen LogP) is 6.35. The molecule has 1 saturated heterocycles. The Kier molecular flexibility index (Phi) is 10.8. The molecular weight excluding hydrogens is 615 g/mol. The maximum absolute atomic E-state index is 14.1. The number of amides is 3. The summed E-state index contributed by atoms with van der Waals surface area (Å²) in [4.78, 5) is 54.7. The number of esters is 1. The van der Waals surface area contributed by atoms with E-state index in [1.54, 1.807) is 56.3 Å². The number of halogens is 1. The van der Waals surface area contributed by atoms with Gasteiger partial charge in [0.1, 0.15) is 24.0 Å². The zero-order valence-corrected chi connectivity index (χ0v) is 28.5. The molecule has 1 saturated carbocycles. The molecule has 2 aromatic carbocycles. The monoisotopic (exact) mass is 662 g/mol. The van der Waals surface area contributed by atoms with Crippen LogP contribution < -0.4 is 10.6 Å². The van der Waals surface area contributed by atoms with Crippen LogP contribution in [0.15, 0.2) is 54.6 Å². The number of alkyl halides is 1. The fourth-order valence-electron chi connectivity index (χ4n) is 7.20. The van der Waals surface area contributed by atoms with E-state index < -0.39 is 36.4 Å². The minimum absolute atomic E-state index is 0.0680. The van der Waals surface area contributed by atoms with E-state index in [0.29, 0.717) is 50.0 Å². The van der Waals surface area contributed by atoms with Crippen LogP contribution in [0.1, 0.15) is 81.8 Å². The van der Waals surface area contributed by atoms with Crippen LogP contribution in [0.25, 0.3) is 10.9 Å². The Bertz CT molecular complexity index is 1630. The fraction of sp³-hybridized carbons (Fsp3) is 0.514. The summed E-state index contributed by atoms with van der Waals surface area (Å²) in [6.45, 7) is 7.03. The van der Waals surface area contributed by atoms with E-state index in [1.807, 2.05) is 42.5 Å². The Labute approximate surface area is 281 Å². The van der Waals surface area contributed by atoms with Crippen molar-refractivity contribution in [2.24, 2.45) is 18.9 Å². The minimum Gasteiger partial charge on any atom is -0.461 e. The number of fused-ring (bicyclic) bond motifs is 1. The number of likely N-dealkylation sites (tertiary alicyclic amines) is 1. The lowest BCUT2D eigenvalue weighted by molar-refractivity contribution is -0.141. The standard InChI is InChI=1S/C37H47FN4O6/c1-6-47-35(45)31-21-26-20-27(16-17-30(26)41(31)5)39-33(43)32-28(23-10-8-7-9-11-23)18-19-42(32)34(44)25-14-12-24(13-15-25)29(22-38)40-36(46)48-37(2,3)4/h7-11,16-17,20-21,24-25,28-29,32H,6,12-15,18-19,22H2,1-5H3,(H,39,43)(H,40,46)/t24?,25?,28-,29+,32+/m0/s1. The van der Waals surface area contributed by atoms with Crippen molar-refractivity contribution >= 4 is 40.5 Å². The molecule has 1 aromatic heterocycles. The van der Waals surface area contributed by atoms with Crippen LogP contribution in [0.3, 0.4) is 0 Å². The molecule has 2 N–H and O–H groups in total. The maximum Gasteiger partial charge on any atom is 0.407 e. The topological polar surface area (TPSA) is 119 Å². The molecule has 2 fully saturated rings. The molecule has 0 radical (unpaired) electrons. The average molecular weight is 663 g/mol. The molecule has 2 aliphatic rings. The summed E-state index contributed by atoms with van der Waals surface area (Å²) in [5.41, 5.74) is 2.11. The number of benzene rings is 2. The third-order valence-electron chi connectivity index (χ3n) is 9.53. The summed E-state index contributed by atoms with van der Waals surface area (Å²) in [7, 11) is 1.79. The van der Waals surface area contributed by atoms with Crippen LogP contribution in [-0.2, 0) is 26.1 Å². The Hall–Kier alpha value is -4.41. The van der Waals surface area contributed by atoms with Gasteiger partial charge in [0.15, 0.2) is 0 Å². The average Bonchev–Trinajstić information content (AvgIpc) is 3.65. The number of alkyl carbamates (subject to hydrolysis) is 1. The number of aromatic nitrogens is 1. The van der Waals surface area contributed by atoms with E-state index in [9.17, 15) is 23.6 Å². The molecule has 1 aliphatic carbocycles. The Morgan fingerprint density at radius 1 is 0.979 bits per heavy atom. The zero-order chi connectivity index (χ0) is 34.6. The molecule has 48 heavy (non-hydrogen) atoms. The molecule has 3 atom stereocenters. The number of carbonyl (C=O) groups excluding carboxylic acids is 4. The van der Waals surface area contributed by atoms with Gasteiger partial charge in [0, 0.05) is 42.0 Å². The molecule has 2 heterocycles. The molecule has 10 nitrogen and oxygen atoms in total. The molecular formula is C37H47FN4O6. The number of nitrogens with one attached hydrogen (secondary N) is 2. The van der Waals surface area contributed by atoms with Gasteiger partial charge < -0.3 is 29.6 Å².